The largest absolute Gasteiger partial charge is 0.393 e. The second-order valence-electron chi connectivity index (χ2n) is 1.10. The van der Waals surface area contributed by atoms with Crippen LogP contribution in [-0.2, 0) is 4.79 Å². The van der Waals surface area contributed by atoms with Gasteiger partial charge < -0.3 is 15.9 Å². The van der Waals surface area contributed by atoms with Crippen LogP contribution < -0.4 is 5.73 Å². The average Bonchev–Trinajstić information content (AvgIpc) is 1.65. The molecule has 0 radical (unpaired) electrons. The van der Waals surface area contributed by atoms with E-state index in [1.54, 1.807) is 0 Å². The summed E-state index contributed by atoms with van der Waals surface area (Å²) in [6.45, 7) is -0.602. The number of nitrogens with two attached hydrogens (primary N) is 1. The first-order chi connectivity index (χ1) is 3.18. The van der Waals surface area contributed by atoms with Crippen LogP contribution in [-0.4, -0.2) is 28.8 Å². The van der Waals surface area contributed by atoms with Crippen LogP contribution in [0.5, 0.6) is 0 Å². The van der Waals surface area contributed by atoms with Crippen LogP contribution in [0, 0.1) is 0 Å². The molecule has 4 nitrogen and oxygen atoms in total. The van der Waals surface area contributed by atoms with E-state index < -0.39 is 18.6 Å². The molecule has 0 aliphatic carbocycles. The molecule has 0 aliphatic rings. The van der Waals surface area contributed by atoms with Gasteiger partial charge in [0, 0.05) is 0 Å². The molecule has 0 rings (SSSR count). The first-order valence-electron chi connectivity index (χ1n) is 1.76. The number of carbonyl (C=O) groups excluding carboxylic acids is 1. The van der Waals surface area contributed by atoms with Crippen molar-refractivity contribution in [1.29, 1.82) is 0 Å². The highest BCUT2D eigenvalue weighted by molar-refractivity contribution is 5.85. The van der Waals surface area contributed by atoms with Crippen LogP contribution in [0.25, 0.3) is 0 Å². The maximum Gasteiger partial charge on any atom is 0.248 e. The quantitative estimate of drug-likeness (QED) is 0.426. The summed E-state index contributed by atoms with van der Waals surface area (Å²) in [6.07, 6.45) is -1.40. The van der Waals surface area contributed by atoms with Gasteiger partial charge in [-0.15, -0.1) is 12.4 Å². The lowest BCUT2D eigenvalue weighted by Crippen LogP contribution is -2.30. The van der Waals surface area contributed by atoms with Crippen molar-refractivity contribution in [1.82, 2.24) is 0 Å². The monoisotopic (exact) mass is 141 g/mol. The zero-order chi connectivity index (χ0) is 5.86. The molecule has 0 saturated carbocycles. The van der Waals surface area contributed by atoms with E-state index in [-0.39, 0.29) is 12.4 Å². The average molecular weight is 142 g/mol. The molecule has 5 heteroatoms. The van der Waals surface area contributed by atoms with Gasteiger partial charge in [0.15, 0.2) is 6.10 Å². The number of hydrogen-bond acceptors (Lipinski definition) is 3. The molecule has 0 bridgehead atoms. The molecular weight excluding hydrogens is 133 g/mol. The number of carbonyl (C=O) groups is 1. The Bertz CT molecular complexity index is 76.9. The Balaban J connectivity index is 0. The van der Waals surface area contributed by atoms with Gasteiger partial charge in [0.1, 0.15) is 0 Å². The van der Waals surface area contributed by atoms with Gasteiger partial charge in [0.2, 0.25) is 5.91 Å². The third-order valence-electron chi connectivity index (χ3n) is 0.501. The molecule has 0 heterocycles. The SMILES string of the molecule is Cl.NC(=O)C(O)CO. The van der Waals surface area contributed by atoms with Crippen molar-refractivity contribution >= 4 is 18.3 Å². The van der Waals surface area contributed by atoms with Gasteiger partial charge in [0.05, 0.1) is 6.61 Å². The fourth-order valence-corrected chi connectivity index (χ4v) is 0.0900. The molecule has 0 fully saturated rings. The summed E-state index contributed by atoms with van der Waals surface area (Å²) in [6, 6.07) is 0. The van der Waals surface area contributed by atoms with Gasteiger partial charge in [-0.05, 0) is 0 Å². The zero-order valence-electron chi connectivity index (χ0n) is 4.07. The van der Waals surface area contributed by atoms with Crippen molar-refractivity contribution in [3.05, 3.63) is 0 Å². The highest BCUT2D eigenvalue weighted by Crippen LogP contribution is 1.73. The van der Waals surface area contributed by atoms with E-state index in [9.17, 15) is 4.79 Å². The lowest BCUT2D eigenvalue weighted by Gasteiger charge is -1.96. The summed E-state index contributed by atoms with van der Waals surface area (Å²) >= 11 is 0. The van der Waals surface area contributed by atoms with E-state index >= 15 is 0 Å². The van der Waals surface area contributed by atoms with E-state index in [0.29, 0.717) is 0 Å². The molecule has 50 valence electrons. The molecule has 1 unspecified atom stereocenters. The summed E-state index contributed by atoms with van der Waals surface area (Å²) in [5.41, 5.74) is 4.50. The predicted molar refractivity (Wildman–Crippen MR) is 29.5 cm³/mol. The Morgan fingerprint density at radius 3 is 2.12 bits per heavy atom. The molecule has 0 aromatic carbocycles. The minimum absolute atomic E-state index is 0. The molecular formula is C3H8ClNO3. The lowest BCUT2D eigenvalue weighted by molar-refractivity contribution is -0.127. The maximum atomic E-state index is 9.74. The van der Waals surface area contributed by atoms with Crippen LogP contribution >= 0.6 is 12.4 Å². The van der Waals surface area contributed by atoms with Crippen molar-refractivity contribution in [3.8, 4) is 0 Å². The van der Waals surface area contributed by atoms with Crippen molar-refractivity contribution in [2.75, 3.05) is 6.61 Å². The Labute approximate surface area is 52.7 Å². The van der Waals surface area contributed by atoms with Crippen LogP contribution in [0.2, 0.25) is 0 Å². The van der Waals surface area contributed by atoms with Gasteiger partial charge in [-0.25, -0.2) is 0 Å². The lowest BCUT2D eigenvalue weighted by atomic mass is 10.4. The molecule has 0 spiro atoms. The first kappa shape index (κ1) is 10.6. The topological polar surface area (TPSA) is 83.6 Å². The Morgan fingerprint density at radius 2 is 2.12 bits per heavy atom. The maximum absolute atomic E-state index is 9.74. The van der Waals surface area contributed by atoms with Crippen molar-refractivity contribution < 1.29 is 15.0 Å². The highest BCUT2D eigenvalue weighted by Gasteiger charge is 2.06. The standard InChI is InChI=1S/C3H7NO3.ClH/c4-3(7)2(6)1-5;/h2,5-6H,1H2,(H2,4,7);1H. The summed E-state index contributed by atoms with van der Waals surface area (Å²) in [7, 11) is 0. The van der Waals surface area contributed by atoms with Crippen molar-refractivity contribution in [3.63, 3.8) is 0 Å². The number of amides is 1. The first-order valence-corrected chi connectivity index (χ1v) is 1.76. The van der Waals surface area contributed by atoms with Crippen LogP contribution in [0.4, 0.5) is 0 Å². The predicted octanol–water partition coefficient (Wildman–Crippen LogP) is -1.75. The van der Waals surface area contributed by atoms with E-state index in [0.717, 1.165) is 0 Å². The number of primary amides is 1. The Hall–Kier alpha value is -0.320. The normalized spacial score (nSPS) is 11.8. The molecule has 1 amide bonds. The van der Waals surface area contributed by atoms with E-state index in [2.05, 4.69) is 5.73 Å². The Kier molecular flexibility index (Phi) is 6.41. The minimum atomic E-state index is -1.40. The summed E-state index contributed by atoms with van der Waals surface area (Å²) in [5, 5.41) is 16.2. The fraction of sp³-hybridized carbons (Fsp3) is 0.667. The smallest absolute Gasteiger partial charge is 0.248 e. The van der Waals surface area contributed by atoms with Crippen molar-refractivity contribution in [2.24, 2.45) is 5.73 Å². The highest BCUT2D eigenvalue weighted by atomic mass is 35.5. The minimum Gasteiger partial charge on any atom is -0.393 e. The molecule has 0 aromatic rings. The molecule has 1 atom stereocenters. The fourth-order valence-electron chi connectivity index (χ4n) is 0.0900. The number of rotatable bonds is 2. The molecule has 0 aromatic heterocycles. The third-order valence-corrected chi connectivity index (χ3v) is 0.501. The molecule has 0 aliphatic heterocycles. The van der Waals surface area contributed by atoms with Gasteiger partial charge in [-0.1, -0.05) is 0 Å². The van der Waals surface area contributed by atoms with E-state index in [1.807, 2.05) is 0 Å². The van der Waals surface area contributed by atoms with Gasteiger partial charge >= 0.3 is 0 Å². The van der Waals surface area contributed by atoms with Crippen molar-refractivity contribution in [2.45, 2.75) is 6.10 Å². The van der Waals surface area contributed by atoms with Crippen LogP contribution in [0.15, 0.2) is 0 Å². The zero-order valence-corrected chi connectivity index (χ0v) is 4.89. The Morgan fingerprint density at radius 1 is 1.75 bits per heavy atom. The summed E-state index contributed by atoms with van der Waals surface area (Å²) < 4.78 is 0. The number of aliphatic hydroxyl groups is 2. The van der Waals surface area contributed by atoms with E-state index in [4.69, 9.17) is 10.2 Å². The second-order valence-corrected chi connectivity index (χ2v) is 1.10. The van der Waals surface area contributed by atoms with Crippen LogP contribution in [0.3, 0.4) is 0 Å². The van der Waals surface area contributed by atoms with Gasteiger partial charge in [-0.2, -0.15) is 0 Å². The number of aliphatic hydroxyl groups excluding tert-OH is 2. The summed E-state index contributed by atoms with van der Waals surface area (Å²) in [4.78, 5) is 9.74. The second kappa shape index (κ2) is 4.83. The molecule has 8 heavy (non-hydrogen) atoms. The third kappa shape index (κ3) is 3.86. The number of halogens is 1. The molecule has 0 saturated heterocycles. The van der Waals surface area contributed by atoms with Gasteiger partial charge in [-0.3, -0.25) is 4.79 Å². The number of hydrogen-bond donors (Lipinski definition) is 3. The molecule has 4 N–H and O–H groups in total. The van der Waals surface area contributed by atoms with Crippen LogP contribution in [0.1, 0.15) is 0 Å². The summed E-state index contributed by atoms with van der Waals surface area (Å²) in [5.74, 6) is -0.900. The van der Waals surface area contributed by atoms with Gasteiger partial charge in [0.25, 0.3) is 0 Å². The van der Waals surface area contributed by atoms with E-state index in [1.165, 1.54) is 0 Å².